The molecule has 2 N–H and O–H groups in total. The summed E-state index contributed by atoms with van der Waals surface area (Å²) in [7, 11) is 0. The van der Waals surface area contributed by atoms with Gasteiger partial charge in [-0.1, -0.05) is 0 Å². The fourth-order valence-corrected chi connectivity index (χ4v) is 2.79. The molecule has 2 heterocycles. The number of aromatic nitrogens is 1. The van der Waals surface area contributed by atoms with Gasteiger partial charge in [0, 0.05) is 37.4 Å². The second-order valence-corrected chi connectivity index (χ2v) is 6.28. The molecule has 0 radical (unpaired) electrons. The van der Waals surface area contributed by atoms with Gasteiger partial charge in [0.15, 0.2) is 5.41 Å². The van der Waals surface area contributed by atoms with Crippen molar-refractivity contribution in [2.75, 3.05) is 6.61 Å². The van der Waals surface area contributed by atoms with E-state index in [0.717, 1.165) is 5.52 Å². The second-order valence-electron chi connectivity index (χ2n) is 6.28. The van der Waals surface area contributed by atoms with Crippen molar-refractivity contribution >= 4 is 22.8 Å². The third-order valence-electron chi connectivity index (χ3n) is 4.12. The highest BCUT2D eigenvalue weighted by Gasteiger charge is 2.56. The molecular formula is C17H16N2O5. The lowest BCUT2D eigenvalue weighted by atomic mass is 9.81. The standard InChI is InChI=1S/C17H16N2O5/c1-16(2)23-14(21)17(9-20,15(22)24-16)6-11-8-19-13-4-3-10(7-18)5-12(11)13/h3-5,8,19-20H,6,9H2,1-2H3. The Labute approximate surface area is 137 Å². The largest absolute Gasteiger partial charge is 0.422 e. The maximum atomic E-state index is 12.4. The number of H-pyrrole nitrogens is 1. The van der Waals surface area contributed by atoms with E-state index in [0.29, 0.717) is 16.5 Å². The number of nitrogens with zero attached hydrogens (tertiary/aromatic N) is 1. The van der Waals surface area contributed by atoms with Gasteiger partial charge in [0.2, 0.25) is 0 Å². The van der Waals surface area contributed by atoms with Crippen LogP contribution >= 0.6 is 0 Å². The first kappa shape index (κ1) is 16.0. The Kier molecular flexibility index (Phi) is 3.57. The topological polar surface area (TPSA) is 112 Å². The number of ether oxygens (including phenoxy) is 2. The van der Waals surface area contributed by atoms with Crippen LogP contribution in [0.25, 0.3) is 10.9 Å². The molecule has 1 aromatic heterocycles. The number of aromatic amines is 1. The fraction of sp³-hybridized carbons (Fsp3) is 0.353. The van der Waals surface area contributed by atoms with Gasteiger partial charge >= 0.3 is 11.9 Å². The summed E-state index contributed by atoms with van der Waals surface area (Å²) < 4.78 is 10.3. The average Bonchev–Trinajstić information content (AvgIpc) is 2.92. The van der Waals surface area contributed by atoms with E-state index in [1.807, 2.05) is 6.07 Å². The van der Waals surface area contributed by atoms with E-state index < -0.39 is 29.7 Å². The van der Waals surface area contributed by atoms with Crippen molar-refractivity contribution in [3.05, 3.63) is 35.5 Å². The van der Waals surface area contributed by atoms with Crippen LogP contribution in [-0.4, -0.2) is 34.4 Å². The molecule has 1 aromatic carbocycles. The Bertz CT molecular complexity index is 855. The number of hydrogen-bond donors (Lipinski definition) is 2. The van der Waals surface area contributed by atoms with E-state index in [9.17, 15) is 14.7 Å². The van der Waals surface area contributed by atoms with Crippen LogP contribution in [0.1, 0.15) is 25.0 Å². The van der Waals surface area contributed by atoms with E-state index in [2.05, 4.69) is 4.98 Å². The van der Waals surface area contributed by atoms with E-state index in [1.54, 1.807) is 24.4 Å². The van der Waals surface area contributed by atoms with Crippen LogP contribution < -0.4 is 0 Å². The van der Waals surface area contributed by atoms with Crippen LogP contribution in [0.4, 0.5) is 0 Å². The maximum absolute atomic E-state index is 12.4. The zero-order valence-corrected chi connectivity index (χ0v) is 13.3. The zero-order chi connectivity index (χ0) is 17.5. The number of esters is 2. The summed E-state index contributed by atoms with van der Waals surface area (Å²) in [4.78, 5) is 27.8. The summed E-state index contributed by atoms with van der Waals surface area (Å²) in [5.74, 6) is -3.00. The number of aliphatic hydroxyl groups excluding tert-OH is 1. The molecule has 2 aromatic rings. The molecule has 0 unspecified atom stereocenters. The number of nitriles is 1. The van der Waals surface area contributed by atoms with Gasteiger partial charge in [-0.3, -0.25) is 9.59 Å². The molecule has 0 atom stereocenters. The predicted molar refractivity (Wildman–Crippen MR) is 82.5 cm³/mol. The summed E-state index contributed by atoms with van der Waals surface area (Å²) >= 11 is 0. The summed E-state index contributed by atoms with van der Waals surface area (Å²) in [6.45, 7) is 2.18. The van der Waals surface area contributed by atoms with E-state index in [4.69, 9.17) is 14.7 Å². The van der Waals surface area contributed by atoms with Crippen LogP contribution in [-0.2, 0) is 25.5 Å². The van der Waals surface area contributed by atoms with Gasteiger partial charge in [0.05, 0.1) is 18.2 Å². The molecule has 24 heavy (non-hydrogen) atoms. The predicted octanol–water partition coefficient (Wildman–Crippen LogP) is 1.40. The zero-order valence-electron chi connectivity index (χ0n) is 13.3. The summed E-state index contributed by atoms with van der Waals surface area (Å²) in [5, 5.41) is 19.5. The third-order valence-corrected chi connectivity index (χ3v) is 4.12. The molecule has 0 bridgehead atoms. The molecule has 7 heteroatoms. The lowest BCUT2D eigenvalue weighted by molar-refractivity contribution is -0.253. The molecule has 1 fully saturated rings. The lowest BCUT2D eigenvalue weighted by Gasteiger charge is -2.39. The molecule has 0 amide bonds. The fourth-order valence-electron chi connectivity index (χ4n) is 2.79. The van der Waals surface area contributed by atoms with E-state index >= 15 is 0 Å². The number of nitrogens with one attached hydrogen (secondary N) is 1. The highest BCUT2D eigenvalue weighted by molar-refractivity contribution is 6.02. The molecule has 7 nitrogen and oxygen atoms in total. The van der Waals surface area contributed by atoms with Gasteiger partial charge in [0.1, 0.15) is 0 Å². The highest BCUT2D eigenvalue weighted by atomic mass is 16.7. The number of benzene rings is 1. The molecule has 124 valence electrons. The first-order valence-electron chi connectivity index (χ1n) is 7.39. The number of rotatable bonds is 3. The Morgan fingerprint density at radius 1 is 1.25 bits per heavy atom. The first-order chi connectivity index (χ1) is 11.3. The Balaban J connectivity index is 2.04. The van der Waals surface area contributed by atoms with Crippen molar-refractivity contribution < 1.29 is 24.2 Å². The Hall–Kier alpha value is -2.85. The second kappa shape index (κ2) is 5.35. The van der Waals surface area contributed by atoms with Crippen LogP contribution in [0.15, 0.2) is 24.4 Å². The minimum absolute atomic E-state index is 0.0911. The van der Waals surface area contributed by atoms with Gasteiger partial charge in [-0.15, -0.1) is 0 Å². The normalized spacial score (nSPS) is 18.8. The van der Waals surface area contributed by atoms with Crippen molar-refractivity contribution in [1.82, 2.24) is 4.98 Å². The molecule has 3 rings (SSSR count). The number of hydrogen-bond acceptors (Lipinski definition) is 6. The SMILES string of the molecule is CC1(C)OC(=O)C(CO)(Cc2c[nH]c3ccc(C#N)cc23)C(=O)O1. The number of aliphatic hydroxyl groups is 1. The molecular weight excluding hydrogens is 312 g/mol. The first-order valence-corrected chi connectivity index (χ1v) is 7.39. The quantitative estimate of drug-likeness (QED) is 0.650. The molecule has 0 spiro atoms. The Morgan fingerprint density at radius 2 is 1.92 bits per heavy atom. The van der Waals surface area contributed by atoms with Crippen LogP contribution in [0.3, 0.4) is 0 Å². The van der Waals surface area contributed by atoms with Crippen molar-refractivity contribution in [3.63, 3.8) is 0 Å². The maximum Gasteiger partial charge on any atom is 0.329 e. The Morgan fingerprint density at radius 3 is 2.50 bits per heavy atom. The third kappa shape index (κ3) is 2.41. The van der Waals surface area contributed by atoms with Crippen molar-refractivity contribution in [3.8, 4) is 6.07 Å². The van der Waals surface area contributed by atoms with Crippen LogP contribution in [0.2, 0.25) is 0 Å². The van der Waals surface area contributed by atoms with Crippen LogP contribution in [0.5, 0.6) is 0 Å². The van der Waals surface area contributed by atoms with Gasteiger partial charge < -0.3 is 19.6 Å². The number of cyclic esters (lactones) is 2. The van der Waals surface area contributed by atoms with Gasteiger partial charge in [0.25, 0.3) is 5.79 Å². The summed E-state index contributed by atoms with van der Waals surface area (Å²) in [6.07, 6.45) is 1.55. The number of fused-ring (bicyclic) bond motifs is 1. The van der Waals surface area contributed by atoms with Crippen molar-refractivity contribution in [2.45, 2.75) is 26.1 Å². The van der Waals surface area contributed by atoms with Gasteiger partial charge in [-0.05, 0) is 23.8 Å². The summed E-state index contributed by atoms with van der Waals surface area (Å²) in [6, 6.07) is 7.11. The average molecular weight is 328 g/mol. The van der Waals surface area contributed by atoms with Crippen LogP contribution in [0, 0.1) is 16.7 Å². The summed E-state index contributed by atoms with van der Waals surface area (Å²) in [5.41, 5.74) is 0.0175. The van der Waals surface area contributed by atoms with E-state index in [1.165, 1.54) is 13.8 Å². The van der Waals surface area contributed by atoms with E-state index in [-0.39, 0.29) is 6.42 Å². The highest BCUT2D eigenvalue weighted by Crippen LogP contribution is 2.36. The van der Waals surface area contributed by atoms with Crippen molar-refractivity contribution in [1.29, 1.82) is 5.26 Å². The van der Waals surface area contributed by atoms with Gasteiger partial charge in [-0.25, -0.2) is 0 Å². The van der Waals surface area contributed by atoms with Crippen molar-refractivity contribution in [2.24, 2.45) is 5.41 Å². The van der Waals surface area contributed by atoms with Gasteiger partial charge in [-0.2, -0.15) is 5.26 Å². The monoisotopic (exact) mass is 328 g/mol. The number of carbonyl (C=O) groups excluding carboxylic acids is 2. The molecule has 1 aliphatic heterocycles. The molecule has 1 saturated heterocycles. The minimum Gasteiger partial charge on any atom is -0.422 e. The minimum atomic E-state index is -1.81. The molecule has 1 aliphatic rings. The molecule has 0 saturated carbocycles. The number of carbonyl (C=O) groups is 2. The lowest BCUT2D eigenvalue weighted by Crippen LogP contribution is -2.56. The smallest absolute Gasteiger partial charge is 0.329 e. The molecule has 0 aliphatic carbocycles.